The van der Waals surface area contributed by atoms with Gasteiger partial charge in [0.2, 0.25) is 0 Å². The van der Waals surface area contributed by atoms with Crippen molar-refractivity contribution in [3.63, 3.8) is 0 Å². The van der Waals surface area contributed by atoms with Gasteiger partial charge in [0, 0.05) is 5.92 Å². The van der Waals surface area contributed by atoms with Gasteiger partial charge in [-0.3, -0.25) is 0 Å². The highest BCUT2D eigenvalue weighted by Crippen LogP contribution is 2.59. The first-order valence-corrected chi connectivity index (χ1v) is 6.22. The van der Waals surface area contributed by atoms with E-state index in [1.807, 2.05) is 6.07 Å². The average molecular weight is 222 g/mol. The molecule has 0 spiro atoms. The molecule has 0 aliphatic heterocycles. The number of aliphatic hydroxyl groups is 1. The first-order chi connectivity index (χ1) is 8.31. The molecule has 84 valence electrons. The first-order valence-electron chi connectivity index (χ1n) is 6.22. The van der Waals surface area contributed by atoms with Gasteiger partial charge < -0.3 is 5.11 Å². The Morgan fingerprint density at radius 2 is 1.65 bits per heavy atom. The summed E-state index contributed by atoms with van der Waals surface area (Å²) in [5.41, 5.74) is 4.35. The van der Waals surface area contributed by atoms with Crippen molar-refractivity contribution >= 4 is 0 Å². The van der Waals surface area contributed by atoms with Crippen LogP contribution in [-0.4, -0.2) is 5.11 Å². The first kappa shape index (κ1) is 9.43. The van der Waals surface area contributed by atoms with Crippen LogP contribution in [0.25, 0.3) is 11.1 Å². The molecule has 17 heavy (non-hydrogen) atoms. The van der Waals surface area contributed by atoms with Crippen molar-refractivity contribution in [2.75, 3.05) is 0 Å². The van der Waals surface area contributed by atoms with E-state index >= 15 is 0 Å². The third kappa shape index (κ3) is 1.03. The summed E-state index contributed by atoms with van der Waals surface area (Å²) in [6, 6.07) is 16.8. The highest BCUT2D eigenvalue weighted by atomic mass is 16.3. The van der Waals surface area contributed by atoms with E-state index in [4.69, 9.17) is 0 Å². The van der Waals surface area contributed by atoms with E-state index in [9.17, 15) is 5.11 Å². The summed E-state index contributed by atoms with van der Waals surface area (Å²) in [6.45, 7) is 0. The zero-order chi connectivity index (χ0) is 11.5. The molecule has 1 heteroatoms. The van der Waals surface area contributed by atoms with Crippen molar-refractivity contribution in [1.82, 2.24) is 0 Å². The van der Waals surface area contributed by atoms with Crippen molar-refractivity contribution in [3.05, 3.63) is 59.7 Å². The van der Waals surface area contributed by atoms with Crippen molar-refractivity contribution < 1.29 is 5.11 Å². The second kappa shape index (κ2) is 2.99. The Balaban J connectivity index is 2.09. The van der Waals surface area contributed by atoms with Crippen LogP contribution in [0.5, 0.6) is 0 Å². The molecule has 0 saturated heterocycles. The van der Waals surface area contributed by atoms with Crippen LogP contribution in [-0.2, 0) is 5.60 Å². The Kier molecular flexibility index (Phi) is 1.66. The summed E-state index contributed by atoms with van der Waals surface area (Å²) in [5, 5.41) is 10.8. The van der Waals surface area contributed by atoms with E-state index in [1.54, 1.807) is 0 Å². The van der Waals surface area contributed by atoms with E-state index in [0.29, 0.717) is 5.92 Å². The standard InChI is InChI=1S/C16H14O/c17-16-10-9-15(16)13-6-2-1-5-11(13)12-7-3-4-8-14(12)16/h1-8,15,17H,9-10H2/t15-,16-/m1/s1. The van der Waals surface area contributed by atoms with Crippen molar-refractivity contribution in [2.45, 2.75) is 24.4 Å². The molecule has 2 atom stereocenters. The second-order valence-electron chi connectivity index (χ2n) is 5.15. The van der Waals surface area contributed by atoms with Gasteiger partial charge in [-0.05, 0) is 35.1 Å². The van der Waals surface area contributed by atoms with Crippen LogP contribution in [0, 0.1) is 0 Å². The zero-order valence-electron chi connectivity index (χ0n) is 9.56. The quantitative estimate of drug-likeness (QED) is 0.724. The molecule has 1 nitrogen and oxygen atoms in total. The van der Waals surface area contributed by atoms with E-state index in [0.717, 1.165) is 18.4 Å². The summed E-state index contributed by atoms with van der Waals surface area (Å²) < 4.78 is 0. The Labute approximate surface area is 101 Å². The molecule has 2 aliphatic rings. The number of benzene rings is 2. The highest BCUT2D eigenvalue weighted by Gasteiger charge is 2.51. The molecule has 2 aliphatic carbocycles. The zero-order valence-corrected chi connectivity index (χ0v) is 9.56. The predicted molar refractivity (Wildman–Crippen MR) is 67.7 cm³/mol. The maximum absolute atomic E-state index is 10.8. The molecule has 1 saturated carbocycles. The van der Waals surface area contributed by atoms with Crippen LogP contribution in [0.1, 0.15) is 29.9 Å². The third-order valence-corrected chi connectivity index (χ3v) is 4.41. The third-order valence-electron chi connectivity index (χ3n) is 4.41. The molecular formula is C16H14O. The minimum Gasteiger partial charge on any atom is -0.385 e. The summed E-state index contributed by atoms with van der Waals surface area (Å²) in [4.78, 5) is 0. The molecule has 0 heterocycles. The Hall–Kier alpha value is -1.60. The number of hydrogen-bond acceptors (Lipinski definition) is 1. The molecule has 0 aromatic heterocycles. The molecule has 0 radical (unpaired) electrons. The van der Waals surface area contributed by atoms with Crippen LogP contribution >= 0.6 is 0 Å². The maximum Gasteiger partial charge on any atom is 0.0971 e. The summed E-state index contributed by atoms with van der Waals surface area (Å²) in [5.74, 6) is 0.300. The Morgan fingerprint density at radius 1 is 0.941 bits per heavy atom. The topological polar surface area (TPSA) is 20.2 Å². The second-order valence-corrected chi connectivity index (χ2v) is 5.15. The lowest BCUT2D eigenvalue weighted by Crippen LogP contribution is -2.44. The molecule has 0 bridgehead atoms. The Morgan fingerprint density at radius 3 is 2.41 bits per heavy atom. The molecule has 0 unspecified atom stereocenters. The Bertz CT molecular complexity index is 602. The van der Waals surface area contributed by atoms with Gasteiger partial charge in [0.25, 0.3) is 0 Å². The van der Waals surface area contributed by atoms with E-state index < -0.39 is 5.60 Å². The normalized spacial score (nSPS) is 28.6. The van der Waals surface area contributed by atoms with Gasteiger partial charge in [0.15, 0.2) is 0 Å². The largest absolute Gasteiger partial charge is 0.385 e. The summed E-state index contributed by atoms with van der Waals surface area (Å²) in [7, 11) is 0. The number of rotatable bonds is 0. The van der Waals surface area contributed by atoms with Gasteiger partial charge in [0.05, 0.1) is 5.60 Å². The fourth-order valence-electron chi connectivity index (χ4n) is 3.44. The van der Waals surface area contributed by atoms with Crippen LogP contribution < -0.4 is 0 Å². The summed E-state index contributed by atoms with van der Waals surface area (Å²) >= 11 is 0. The van der Waals surface area contributed by atoms with Gasteiger partial charge in [-0.15, -0.1) is 0 Å². The fraction of sp³-hybridized carbons (Fsp3) is 0.250. The number of fused-ring (bicyclic) bond motifs is 6. The number of hydrogen-bond donors (Lipinski definition) is 1. The van der Waals surface area contributed by atoms with E-state index in [1.165, 1.54) is 16.7 Å². The fourth-order valence-corrected chi connectivity index (χ4v) is 3.44. The molecule has 2 aromatic carbocycles. The average Bonchev–Trinajstić information content (AvgIpc) is 2.36. The van der Waals surface area contributed by atoms with Gasteiger partial charge in [-0.25, -0.2) is 0 Å². The monoisotopic (exact) mass is 222 g/mol. The van der Waals surface area contributed by atoms with Crippen LogP contribution in [0.2, 0.25) is 0 Å². The van der Waals surface area contributed by atoms with Gasteiger partial charge in [-0.2, -0.15) is 0 Å². The van der Waals surface area contributed by atoms with E-state index in [-0.39, 0.29) is 0 Å². The van der Waals surface area contributed by atoms with Gasteiger partial charge >= 0.3 is 0 Å². The lowest BCUT2D eigenvalue weighted by molar-refractivity contribution is -0.0657. The molecule has 1 fully saturated rings. The van der Waals surface area contributed by atoms with Crippen LogP contribution in [0.3, 0.4) is 0 Å². The smallest absolute Gasteiger partial charge is 0.0971 e. The summed E-state index contributed by atoms with van der Waals surface area (Å²) in [6.07, 6.45) is 1.99. The lowest BCUT2D eigenvalue weighted by Gasteiger charge is -2.50. The van der Waals surface area contributed by atoms with E-state index in [2.05, 4.69) is 42.5 Å². The molecule has 2 aromatic rings. The predicted octanol–water partition coefficient (Wildman–Crippen LogP) is 3.43. The molecule has 0 amide bonds. The molecular weight excluding hydrogens is 208 g/mol. The molecule has 4 rings (SSSR count). The van der Waals surface area contributed by atoms with Gasteiger partial charge in [0.1, 0.15) is 0 Å². The highest BCUT2D eigenvalue weighted by molar-refractivity contribution is 5.76. The molecule has 1 N–H and O–H groups in total. The minimum atomic E-state index is -0.606. The minimum absolute atomic E-state index is 0.300. The SMILES string of the molecule is O[C@@]12CC[C@@H]1c1ccccc1-c1ccccc12. The maximum atomic E-state index is 10.8. The van der Waals surface area contributed by atoms with Gasteiger partial charge in [-0.1, -0.05) is 48.5 Å². The van der Waals surface area contributed by atoms with Crippen molar-refractivity contribution in [1.29, 1.82) is 0 Å². The van der Waals surface area contributed by atoms with Crippen LogP contribution in [0.4, 0.5) is 0 Å². The van der Waals surface area contributed by atoms with Crippen LogP contribution in [0.15, 0.2) is 48.5 Å². The lowest BCUT2D eigenvalue weighted by atomic mass is 9.57. The van der Waals surface area contributed by atoms with Crippen molar-refractivity contribution in [3.8, 4) is 11.1 Å². The van der Waals surface area contributed by atoms with Crippen molar-refractivity contribution in [2.24, 2.45) is 0 Å².